The minimum absolute atomic E-state index is 0.0590. The van der Waals surface area contributed by atoms with Crippen molar-refractivity contribution in [3.63, 3.8) is 0 Å². The molecule has 92 valence electrons. The quantitative estimate of drug-likeness (QED) is 0.779. The van der Waals surface area contributed by atoms with Gasteiger partial charge in [-0.25, -0.2) is 4.98 Å². The van der Waals surface area contributed by atoms with E-state index in [4.69, 9.17) is 11.6 Å². The Morgan fingerprint density at radius 1 is 1.71 bits per heavy atom. The summed E-state index contributed by atoms with van der Waals surface area (Å²) in [7, 11) is 1.83. The van der Waals surface area contributed by atoms with E-state index >= 15 is 0 Å². The van der Waals surface area contributed by atoms with Crippen LogP contribution >= 0.6 is 39.3 Å². The van der Waals surface area contributed by atoms with Crippen LogP contribution in [0.25, 0.3) is 0 Å². The fourth-order valence-corrected chi connectivity index (χ4v) is 3.54. The van der Waals surface area contributed by atoms with Gasteiger partial charge in [-0.15, -0.1) is 0 Å². The fourth-order valence-electron chi connectivity index (χ4n) is 1.76. The molecule has 0 saturated carbocycles. The molecule has 3 nitrogen and oxygen atoms in total. The Morgan fingerprint density at radius 2 is 2.47 bits per heavy atom. The monoisotopic (exact) mass is 334 g/mol. The van der Waals surface area contributed by atoms with Gasteiger partial charge in [-0.05, 0) is 34.2 Å². The van der Waals surface area contributed by atoms with Gasteiger partial charge in [-0.2, -0.15) is 11.8 Å². The molecule has 0 aromatic carbocycles. The molecule has 2 rings (SSSR count). The maximum absolute atomic E-state index is 12.3. The van der Waals surface area contributed by atoms with Crippen LogP contribution in [0.4, 0.5) is 0 Å². The molecular weight excluding hydrogens is 324 g/mol. The highest BCUT2D eigenvalue weighted by atomic mass is 79.9. The summed E-state index contributed by atoms with van der Waals surface area (Å²) >= 11 is 11.1. The smallest absolute Gasteiger partial charge is 0.257 e. The van der Waals surface area contributed by atoms with Crippen LogP contribution in [0.1, 0.15) is 16.8 Å². The van der Waals surface area contributed by atoms with Gasteiger partial charge in [0, 0.05) is 29.5 Å². The van der Waals surface area contributed by atoms with Crippen molar-refractivity contribution in [2.75, 3.05) is 18.6 Å². The number of hydrogen-bond donors (Lipinski definition) is 0. The summed E-state index contributed by atoms with van der Waals surface area (Å²) in [6, 6.07) is 2.03. The standard InChI is InChI=1S/C11H12BrClN2OS/c1-15(8-2-3-17-6-8)11(16)9-4-7(12)5-14-10(9)13/h4-5,8H,2-3,6H2,1H3. The van der Waals surface area contributed by atoms with Crippen molar-refractivity contribution in [2.45, 2.75) is 12.5 Å². The van der Waals surface area contributed by atoms with Gasteiger partial charge in [-0.3, -0.25) is 4.79 Å². The Balaban J connectivity index is 2.20. The Morgan fingerprint density at radius 3 is 3.12 bits per heavy atom. The van der Waals surface area contributed by atoms with Gasteiger partial charge >= 0.3 is 0 Å². The van der Waals surface area contributed by atoms with E-state index in [1.807, 2.05) is 18.8 Å². The largest absolute Gasteiger partial charge is 0.338 e. The molecule has 0 aliphatic carbocycles. The van der Waals surface area contributed by atoms with E-state index in [9.17, 15) is 4.79 Å². The van der Waals surface area contributed by atoms with Crippen molar-refractivity contribution in [3.8, 4) is 0 Å². The minimum atomic E-state index is -0.0590. The van der Waals surface area contributed by atoms with Crippen LogP contribution in [-0.4, -0.2) is 40.4 Å². The molecule has 0 spiro atoms. The molecule has 1 aromatic rings. The third kappa shape index (κ3) is 2.95. The second-order valence-corrected chi connectivity index (χ2v) is 6.35. The second kappa shape index (κ2) is 5.59. The number of carbonyl (C=O) groups is 1. The summed E-state index contributed by atoms with van der Waals surface area (Å²) in [5.41, 5.74) is 0.459. The van der Waals surface area contributed by atoms with Gasteiger partial charge in [-0.1, -0.05) is 11.6 Å². The van der Waals surface area contributed by atoms with E-state index in [0.717, 1.165) is 22.4 Å². The van der Waals surface area contributed by atoms with Gasteiger partial charge in [0.2, 0.25) is 0 Å². The Bertz CT molecular complexity index is 437. The minimum Gasteiger partial charge on any atom is -0.338 e. The lowest BCUT2D eigenvalue weighted by atomic mass is 10.2. The van der Waals surface area contributed by atoms with E-state index in [2.05, 4.69) is 20.9 Å². The molecule has 1 aromatic heterocycles. The third-order valence-corrected chi connectivity index (χ3v) is 4.69. The van der Waals surface area contributed by atoms with Crippen molar-refractivity contribution in [1.82, 2.24) is 9.88 Å². The lowest BCUT2D eigenvalue weighted by Crippen LogP contribution is -2.37. The Kier molecular flexibility index (Phi) is 4.33. The summed E-state index contributed by atoms with van der Waals surface area (Å²) < 4.78 is 0.763. The summed E-state index contributed by atoms with van der Waals surface area (Å²) in [5.74, 6) is 2.06. The van der Waals surface area contributed by atoms with Crippen molar-refractivity contribution < 1.29 is 4.79 Å². The highest BCUT2D eigenvalue weighted by Gasteiger charge is 2.26. The molecule has 2 heterocycles. The highest BCUT2D eigenvalue weighted by Crippen LogP contribution is 2.25. The number of hydrogen-bond acceptors (Lipinski definition) is 3. The molecular formula is C11H12BrClN2OS. The van der Waals surface area contributed by atoms with E-state index < -0.39 is 0 Å². The fraction of sp³-hybridized carbons (Fsp3) is 0.455. The first kappa shape index (κ1) is 13.2. The molecule has 1 atom stereocenters. The maximum atomic E-state index is 12.3. The summed E-state index contributed by atoms with van der Waals surface area (Å²) in [6.45, 7) is 0. The highest BCUT2D eigenvalue weighted by molar-refractivity contribution is 9.10. The molecule has 0 N–H and O–H groups in total. The van der Waals surface area contributed by atoms with Crippen LogP contribution in [0.3, 0.4) is 0 Å². The average molecular weight is 336 g/mol. The number of rotatable bonds is 2. The number of aromatic nitrogens is 1. The van der Waals surface area contributed by atoms with Crippen LogP contribution < -0.4 is 0 Å². The van der Waals surface area contributed by atoms with Crippen LogP contribution in [0.15, 0.2) is 16.7 Å². The van der Waals surface area contributed by atoms with E-state index in [1.54, 1.807) is 17.2 Å². The van der Waals surface area contributed by atoms with E-state index in [-0.39, 0.29) is 11.1 Å². The van der Waals surface area contributed by atoms with Crippen molar-refractivity contribution >= 4 is 45.2 Å². The molecule has 0 bridgehead atoms. The molecule has 1 saturated heterocycles. The van der Waals surface area contributed by atoms with Gasteiger partial charge < -0.3 is 4.90 Å². The molecule has 1 amide bonds. The first-order valence-electron chi connectivity index (χ1n) is 5.25. The zero-order valence-corrected chi connectivity index (χ0v) is 12.5. The predicted molar refractivity (Wildman–Crippen MR) is 74.8 cm³/mol. The Hall–Kier alpha value is -0.260. The van der Waals surface area contributed by atoms with Crippen LogP contribution in [0, 0.1) is 0 Å². The summed E-state index contributed by atoms with van der Waals surface area (Å²) in [6.07, 6.45) is 2.64. The Labute approximate surface area is 118 Å². The van der Waals surface area contributed by atoms with Gasteiger partial charge in [0.15, 0.2) is 0 Å². The van der Waals surface area contributed by atoms with Gasteiger partial charge in [0.05, 0.1) is 5.56 Å². The summed E-state index contributed by atoms with van der Waals surface area (Å²) in [4.78, 5) is 18.0. The second-order valence-electron chi connectivity index (χ2n) is 3.93. The molecule has 0 radical (unpaired) electrons. The number of thioether (sulfide) groups is 1. The van der Waals surface area contributed by atoms with E-state index in [1.165, 1.54) is 0 Å². The average Bonchev–Trinajstić information content (AvgIpc) is 2.84. The number of halogens is 2. The topological polar surface area (TPSA) is 33.2 Å². The molecule has 17 heavy (non-hydrogen) atoms. The molecule has 1 aliphatic rings. The maximum Gasteiger partial charge on any atom is 0.257 e. The first-order valence-corrected chi connectivity index (χ1v) is 7.58. The molecule has 6 heteroatoms. The normalized spacial score (nSPS) is 19.4. The van der Waals surface area contributed by atoms with Gasteiger partial charge in [0.25, 0.3) is 5.91 Å². The molecule has 1 unspecified atom stereocenters. The van der Waals surface area contributed by atoms with Crippen LogP contribution in [0.5, 0.6) is 0 Å². The lowest BCUT2D eigenvalue weighted by molar-refractivity contribution is 0.0747. The number of pyridine rings is 1. The summed E-state index contributed by atoms with van der Waals surface area (Å²) in [5, 5.41) is 0.260. The number of nitrogens with zero attached hydrogens (tertiary/aromatic N) is 2. The zero-order valence-electron chi connectivity index (χ0n) is 9.32. The van der Waals surface area contributed by atoms with Crippen molar-refractivity contribution in [1.29, 1.82) is 0 Å². The predicted octanol–water partition coefficient (Wildman–Crippen LogP) is 3.08. The molecule has 1 aliphatic heterocycles. The van der Waals surface area contributed by atoms with Crippen LogP contribution in [0.2, 0.25) is 5.15 Å². The zero-order chi connectivity index (χ0) is 12.4. The lowest BCUT2D eigenvalue weighted by Gasteiger charge is -2.24. The first-order chi connectivity index (χ1) is 8.09. The van der Waals surface area contributed by atoms with Crippen molar-refractivity contribution in [3.05, 3.63) is 27.5 Å². The van der Waals surface area contributed by atoms with Crippen LogP contribution in [-0.2, 0) is 0 Å². The third-order valence-electron chi connectivity index (χ3n) is 2.81. The van der Waals surface area contributed by atoms with Crippen molar-refractivity contribution in [2.24, 2.45) is 0 Å². The SMILES string of the molecule is CN(C(=O)c1cc(Br)cnc1Cl)C1CCSC1. The molecule has 1 fully saturated rings. The number of carbonyl (C=O) groups excluding carboxylic acids is 1. The van der Waals surface area contributed by atoms with Gasteiger partial charge in [0.1, 0.15) is 5.15 Å². The van der Waals surface area contributed by atoms with E-state index in [0.29, 0.717) is 11.6 Å². The number of amides is 1.